The van der Waals surface area contributed by atoms with Gasteiger partial charge in [-0.05, 0) is 31.4 Å². The number of carboxylic acid groups (broad SMARTS) is 1. The molecule has 5 nitrogen and oxygen atoms in total. The molecule has 1 aliphatic heterocycles. The third kappa shape index (κ3) is 3.38. The molecule has 4 N–H and O–H groups in total. The number of piperidine rings is 1. The summed E-state index contributed by atoms with van der Waals surface area (Å²) in [5, 5.41) is 16.7. The van der Waals surface area contributed by atoms with E-state index in [1.165, 1.54) is 0 Å². The Bertz CT molecular complexity index is 479. The molecule has 0 saturated carbocycles. The van der Waals surface area contributed by atoms with Crippen LogP contribution in [0.15, 0.2) is 24.3 Å². The van der Waals surface area contributed by atoms with Gasteiger partial charge < -0.3 is 15.7 Å². The third-order valence-corrected chi connectivity index (χ3v) is 3.28. The van der Waals surface area contributed by atoms with Gasteiger partial charge in [0.2, 0.25) is 0 Å². The Morgan fingerprint density at radius 3 is 2.79 bits per heavy atom. The third-order valence-electron chi connectivity index (χ3n) is 3.28. The highest BCUT2D eigenvalue weighted by Crippen LogP contribution is 2.25. The van der Waals surface area contributed by atoms with Gasteiger partial charge in [-0.25, -0.2) is 4.79 Å². The lowest BCUT2D eigenvalue weighted by Crippen LogP contribution is -2.44. The van der Waals surface area contributed by atoms with Crippen LogP contribution in [0.4, 0.5) is 5.69 Å². The molecule has 1 aliphatic rings. The number of rotatable bonds is 3. The molecule has 1 fully saturated rings. The van der Waals surface area contributed by atoms with E-state index in [0.717, 1.165) is 25.1 Å². The Kier molecular flexibility index (Phi) is 5.18. The monoisotopic (exact) mass is 283 g/mol. The van der Waals surface area contributed by atoms with Crippen molar-refractivity contribution in [2.75, 3.05) is 11.4 Å². The molecule has 6 heteroatoms. The van der Waals surface area contributed by atoms with E-state index in [0.29, 0.717) is 12.0 Å². The molecule has 1 atom stereocenters. The van der Waals surface area contributed by atoms with Crippen molar-refractivity contribution in [3.05, 3.63) is 29.8 Å². The van der Waals surface area contributed by atoms with Gasteiger partial charge in [-0.2, -0.15) is 0 Å². The van der Waals surface area contributed by atoms with E-state index in [1.54, 1.807) is 18.2 Å². The molecule has 0 aromatic heterocycles. The maximum Gasteiger partial charge on any atom is 0.326 e. The van der Waals surface area contributed by atoms with Crippen molar-refractivity contribution in [1.82, 2.24) is 0 Å². The van der Waals surface area contributed by atoms with Crippen molar-refractivity contribution in [3.8, 4) is 0 Å². The van der Waals surface area contributed by atoms with Gasteiger partial charge in [-0.1, -0.05) is 12.1 Å². The molecule has 0 bridgehead atoms. The van der Waals surface area contributed by atoms with Crippen LogP contribution in [0.25, 0.3) is 0 Å². The lowest BCUT2D eigenvalue weighted by atomic mass is 10.0. The Morgan fingerprint density at radius 1 is 1.42 bits per heavy atom. The van der Waals surface area contributed by atoms with E-state index in [4.69, 9.17) is 11.1 Å². The van der Waals surface area contributed by atoms with Crippen molar-refractivity contribution in [3.63, 3.8) is 0 Å². The van der Waals surface area contributed by atoms with Gasteiger partial charge in [0.15, 0.2) is 0 Å². The molecule has 2 rings (SSSR count). The van der Waals surface area contributed by atoms with Crippen molar-refractivity contribution < 1.29 is 9.90 Å². The number of carboxylic acids is 1. The first-order chi connectivity index (χ1) is 8.59. The minimum atomic E-state index is -0.789. The topological polar surface area (TPSA) is 90.4 Å². The molecule has 0 unspecified atom stereocenters. The molecule has 0 radical (unpaired) electrons. The molecular formula is C13H18ClN3O2. The van der Waals surface area contributed by atoms with Gasteiger partial charge in [-0.3, -0.25) is 5.41 Å². The van der Waals surface area contributed by atoms with E-state index in [1.807, 2.05) is 11.0 Å². The highest BCUT2D eigenvalue weighted by atomic mass is 35.5. The number of nitrogens with zero attached hydrogens (tertiary/aromatic N) is 1. The number of carbonyl (C=O) groups is 1. The number of nitrogens with one attached hydrogen (secondary N) is 1. The first-order valence-electron chi connectivity index (χ1n) is 6.03. The SMILES string of the molecule is Cl.N=C(N)c1cccc(N2CCCC[C@H]2C(=O)O)c1. The highest BCUT2D eigenvalue weighted by Gasteiger charge is 2.28. The fourth-order valence-electron chi connectivity index (χ4n) is 2.35. The summed E-state index contributed by atoms with van der Waals surface area (Å²) >= 11 is 0. The van der Waals surface area contributed by atoms with Crippen LogP contribution in [-0.4, -0.2) is 29.5 Å². The maximum atomic E-state index is 11.2. The molecule has 19 heavy (non-hydrogen) atoms. The van der Waals surface area contributed by atoms with Crippen LogP contribution in [0.1, 0.15) is 24.8 Å². The smallest absolute Gasteiger partial charge is 0.326 e. The number of aliphatic carboxylic acids is 1. The Morgan fingerprint density at radius 2 is 2.16 bits per heavy atom. The molecule has 0 amide bonds. The zero-order valence-corrected chi connectivity index (χ0v) is 11.3. The largest absolute Gasteiger partial charge is 0.480 e. The first-order valence-corrected chi connectivity index (χ1v) is 6.03. The predicted octanol–water partition coefficient (Wildman–Crippen LogP) is 1.84. The van der Waals surface area contributed by atoms with Gasteiger partial charge in [0.25, 0.3) is 0 Å². The number of nitrogens with two attached hydrogens (primary N) is 1. The van der Waals surface area contributed by atoms with E-state index in [2.05, 4.69) is 0 Å². The summed E-state index contributed by atoms with van der Waals surface area (Å²) in [6.45, 7) is 0.734. The average molecular weight is 284 g/mol. The van der Waals surface area contributed by atoms with Crippen molar-refractivity contribution in [2.45, 2.75) is 25.3 Å². The average Bonchev–Trinajstić information content (AvgIpc) is 2.39. The summed E-state index contributed by atoms with van der Waals surface area (Å²) in [4.78, 5) is 13.1. The van der Waals surface area contributed by atoms with Crippen LogP contribution in [0, 0.1) is 5.41 Å². The molecule has 0 spiro atoms. The Hall–Kier alpha value is -1.75. The van der Waals surface area contributed by atoms with Gasteiger partial charge in [-0.15, -0.1) is 12.4 Å². The molecule has 104 valence electrons. The second-order valence-electron chi connectivity index (χ2n) is 4.51. The van der Waals surface area contributed by atoms with Crippen molar-refractivity contribution in [2.24, 2.45) is 5.73 Å². The fourth-order valence-corrected chi connectivity index (χ4v) is 2.35. The van der Waals surface area contributed by atoms with Gasteiger partial charge >= 0.3 is 5.97 Å². The maximum absolute atomic E-state index is 11.2. The van der Waals surface area contributed by atoms with Crippen LogP contribution in [0.2, 0.25) is 0 Å². The Balaban J connectivity index is 0.00000180. The molecule has 1 saturated heterocycles. The normalized spacial score (nSPS) is 18.5. The number of hydrogen-bond donors (Lipinski definition) is 3. The summed E-state index contributed by atoms with van der Waals surface area (Å²) in [5.41, 5.74) is 6.91. The number of nitrogen functional groups attached to an aromatic ring is 1. The molecule has 0 aliphatic carbocycles. The number of hydrogen-bond acceptors (Lipinski definition) is 3. The number of anilines is 1. The van der Waals surface area contributed by atoms with E-state index in [9.17, 15) is 9.90 Å². The first kappa shape index (κ1) is 15.3. The van der Waals surface area contributed by atoms with Gasteiger partial charge in [0, 0.05) is 17.8 Å². The molecule has 1 aromatic carbocycles. The summed E-state index contributed by atoms with van der Waals surface area (Å²) in [6.07, 6.45) is 2.60. The van der Waals surface area contributed by atoms with Crippen LogP contribution in [0.3, 0.4) is 0 Å². The lowest BCUT2D eigenvalue weighted by Gasteiger charge is -2.35. The van der Waals surface area contributed by atoms with Crippen LogP contribution in [0.5, 0.6) is 0 Å². The van der Waals surface area contributed by atoms with Crippen molar-refractivity contribution in [1.29, 1.82) is 5.41 Å². The fraction of sp³-hybridized carbons (Fsp3) is 0.385. The Labute approximate surface area is 118 Å². The minimum absolute atomic E-state index is 0. The number of benzene rings is 1. The van der Waals surface area contributed by atoms with Gasteiger partial charge in [0.1, 0.15) is 11.9 Å². The second-order valence-corrected chi connectivity index (χ2v) is 4.51. The number of amidine groups is 1. The zero-order valence-electron chi connectivity index (χ0n) is 10.5. The molecule has 1 aromatic rings. The second kappa shape index (κ2) is 6.43. The minimum Gasteiger partial charge on any atom is -0.480 e. The quantitative estimate of drug-likeness (QED) is 0.583. The summed E-state index contributed by atoms with van der Waals surface area (Å²) in [5.74, 6) is -0.788. The van der Waals surface area contributed by atoms with Crippen LogP contribution < -0.4 is 10.6 Å². The summed E-state index contributed by atoms with van der Waals surface area (Å²) < 4.78 is 0. The van der Waals surface area contributed by atoms with E-state index in [-0.39, 0.29) is 18.2 Å². The van der Waals surface area contributed by atoms with Gasteiger partial charge in [0.05, 0.1) is 0 Å². The zero-order chi connectivity index (χ0) is 13.1. The predicted molar refractivity (Wildman–Crippen MR) is 77.3 cm³/mol. The molecule has 1 heterocycles. The summed E-state index contributed by atoms with van der Waals surface area (Å²) in [6, 6.07) is 6.74. The lowest BCUT2D eigenvalue weighted by molar-refractivity contribution is -0.139. The van der Waals surface area contributed by atoms with Crippen LogP contribution >= 0.6 is 12.4 Å². The van der Waals surface area contributed by atoms with E-state index >= 15 is 0 Å². The van der Waals surface area contributed by atoms with Crippen molar-refractivity contribution >= 4 is 29.9 Å². The van der Waals surface area contributed by atoms with E-state index < -0.39 is 12.0 Å². The van der Waals surface area contributed by atoms with Crippen LogP contribution in [-0.2, 0) is 4.79 Å². The number of halogens is 1. The highest BCUT2D eigenvalue weighted by molar-refractivity contribution is 5.96. The standard InChI is InChI=1S/C13H17N3O2.ClH/c14-12(15)9-4-3-5-10(8-9)16-7-2-1-6-11(16)13(17)18;/h3-5,8,11H,1-2,6-7H2,(H3,14,15)(H,17,18);1H/t11-;/m0./s1. The summed E-state index contributed by atoms with van der Waals surface area (Å²) in [7, 11) is 0. The molecular weight excluding hydrogens is 266 g/mol.